The molecule has 1 aromatic carbocycles. The van der Waals surface area contributed by atoms with Crippen molar-refractivity contribution in [1.29, 1.82) is 0 Å². The zero-order valence-corrected chi connectivity index (χ0v) is 27.5. The quantitative estimate of drug-likeness (QED) is 0.267. The molecule has 10 heteroatoms. The van der Waals surface area contributed by atoms with Crippen molar-refractivity contribution in [1.82, 2.24) is 25.0 Å². The number of methoxy groups -OCH3 is 1. The topological polar surface area (TPSA) is 130 Å². The number of nitrogens with zero attached hydrogens (tertiary/aromatic N) is 4. The molecule has 4 fully saturated rings. The summed E-state index contributed by atoms with van der Waals surface area (Å²) in [6.07, 6.45) is 14.1. The van der Waals surface area contributed by atoms with Crippen molar-refractivity contribution in [2.24, 2.45) is 11.8 Å². The molecule has 2 atom stereocenters. The molecule has 0 spiro atoms. The largest absolute Gasteiger partial charge is 0.496 e. The fourth-order valence-electron chi connectivity index (χ4n) is 8.89. The Kier molecular flexibility index (Phi) is 8.49. The Labute approximate surface area is 276 Å². The van der Waals surface area contributed by atoms with Crippen LogP contribution in [0.4, 0.5) is 4.79 Å². The third-order valence-electron chi connectivity index (χ3n) is 11.7. The number of hydrogen-bond donors (Lipinski definition) is 3. The molecule has 3 heterocycles. The van der Waals surface area contributed by atoms with E-state index in [1.165, 1.54) is 23.3 Å². The highest BCUT2D eigenvalue weighted by Gasteiger charge is 2.64. The van der Waals surface area contributed by atoms with E-state index in [1.807, 2.05) is 18.5 Å². The molecule has 47 heavy (non-hydrogen) atoms. The number of carbonyl (C=O) groups excluding carboxylic acids is 1. The molecule has 10 nitrogen and oxygen atoms in total. The normalized spacial score (nSPS) is 28.0. The number of aliphatic hydroxyl groups is 1. The predicted octanol–water partition coefficient (Wildman–Crippen LogP) is 5.86. The molecule has 2 amide bonds. The van der Waals surface area contributed by atoms with Crippen molar-refractivity contribution >= 4 is 12.0 Å². The second kappa shape index (κ2) is 12.6. The monoisotopic (exact) mass is 641 g/mol. The molecule has 250 valence electrons. The predicted molar refractivity (Wildman–Crippen MR) is 177 cm³/mol. The standard InChI is InChI=1S/C37H47N5O5/c1-24-19-28(10-13-31(24)47-2)36(33-30(9-6-18-38-33)26-21-40-42(22-26)29-11-12-29)16-14-25(15-17-36)20-39-34(44)37(27-7-4-3-5-8-27)32(43)23-41(37)35(45)46/h6,9-10,13,18-19,21-22,25,27,29,32,43H,3-5,7-8,11-12,14-17,20,23H2,1-2H3,(H,39,44)(H,45,46). The van der Waals surface area contributed by atoms with Gasteiger partial charge < -0.3 is 20.3 Å². The molecule has 2 unspecified atom stereocenters. The molecule has 0 bridgehead atoms. The first kappa shape index (κ1) is 31.7. The molecular weight excluding hydrogens is 594 g/mol. The third kappa shape index (κ3) is 5.48. The van der Waals surface area contributed by atoms with Crippen LogP contribution < -0.4 is 10.1 Å². The van der Waals surface area contributed by atoms with Gasteiger partial charge in [-0.15, -0.1) is 0 Å². The van der Waals surface area contributed by atoms with Crippen LogP contribution >= 0.6 is 0 Å². The van der Waals surface area contributed by atoms with E-state index in [0.717, 1.165) is 85.9 Å². The fraction of sp³-hybridized carbons (Fsp3) is 0.568. The number of hydrogen-bond acceptors (Lipinski definition) is 6. The van der Waals surface area contributed by atoms with Crippen LogP contribution in [0.2, 0.25) is 0 Å². The number of aromatic nitrogens is 3. The number of amides is 2. The number of ether oxygens (including phenoxy) is 1. The van der Waals surface area contributed by atoms with E-state index < -0.39 is 17.7 Å². The minimum absolute atomic E-state index is 0.0154. The minimum atomic E-state index is -1.39. The van der Waals surface area contributed by atoms with Crippen molar-refractivity contribution in [2.45, 2.75) is 101 Å². The van der Waals surface area contributed by atoms with Crippen molar-refractivity contribution in [2.75, 3.05) is 20.2 Å². The maximum absolute atomic E-state index is 13.9. The molecule has 3 aromatic rings. The highest BCUT2D eigenvalue weighted by Crippen LogP contribution is 2.50. The van der Waals surface area contributed by atoms with Crippen LogP contribution in [0.3, 0.4) is 0 Å². The van der Waals surface area contributed by atoms with E-state index in [9.17, 15) is 19.8 Å². The van der Waals surface area contributed by atoms with E-state index in [1.54, 1.807) is 7.11 Å². The van der Waals surface area contributed by atoms with Gasteiger partial charge in [0, 0.05) is 35.5 Å². The van der Waals surface area contributed by atoms with Gasteiger partial charge in [0.05, 0.1) is 31.6 Å². The lowest BCUT2D eigenvalue weighted by Gasteiger charge is -2.57. The molecule has 4 aliphatic rings. The van der Waals surface area contributed by atoms with Crippen LogP contribution in [0.25, 0.3) is 11.1 Å². The number of aryl methyl sites for hydroxylation is 1. The van der Waals surface area contributed by atoms with Gasteiger partial charge in [-0.3, -0.25) is 19.4 Å². The van der Waals surface area contributed by atoms with Gasteiger partial charge in [-0.25, -0.2) is 4.79 Å². The van der Waals surface area contributed by atoms with Crippen LogP contribution in [-0.4, -0.2) is 73.7 Å². The van der Waals surface area contributed by atoms with E-state index in [2.05, 4.69) is 52.5 Å². The van der Waals surface area contributed by atoms with Gasteiger partial charge in [0.25, 0.3) is 0 Å². The Hall–Kier alpha value is -3.92. The third-order valence-corrected chi connectivity index (χ3v) is 11.7. The number of nitrogens with one attached hydrogen (secondary N) is 1. The number of pyridine rings is 1. The highest BCUT2D eigenvalue weighted by molar-refractivity contribution is 5.93. The SMILES string of the molecule is COc1ccc(C2(c3ncccc3-c3cnn(C4CC4)c3)CCC(CNC(=O)C3(C4CCCCC4)C(O)CN3C(=O)O)CC2)cc1C. The van der Waals surface area contributed by atoms with Crippen LogP contribution in [0.1, 0.15) is 93.5 Å². The summed E-state index contributed by atoms with van der Waals surface area (Å²) in [7, 11) is 1.70. The molecule has 0 radical (unpaired) electrons. The number of likely N-dealkylation sites (tertiary alicyclic amines) is 1. The van der Waals surface area contributed by atoms with E-state index in [-0.39, 0.29) is 29.7 Å². The van der Waals surface area contributed by atoms with Crippen LogP contribution in [0.5, 0.6) is 5.75 Å². The molecule has 2 aromatic heterocycles. The van der Waals surface area contributed by atoms with E-state index >= 15 is 0 Å². The average molecular weight is 642 g/mol. The Morgan fingerprint density at radius 3 is 2.49 bits per heavy atom. The van der Waals surface area contributed by atoms with Crippen LogP contribution in [0, 0.1) is 18.8 Å². The summed E-state index contributed by atoms with van der Waals surface area (Å²) in [5.41, 5.74) is 3.78. The summed E-state index contributed by atoms with van der Waals surface area (Å²) in [6.45, 7) is 2.51. The molecular formula is C37H47N5O5. The van der Waals surface area contributed by atoms with Gasteiger partial charge in [-0.1, -0.05) is 37.5 Å². The van der Waals surface area contributed by atoms with Crippen LogP contribution in [-0.2, 0) is 10.2 Å². The maximum atomic E-state index is 13.9. The first-order valence-corrected chi connectivity index (χ1v) is 17.4. The number of benzene rings is 1. The Morgan fingerprint density at radius 1 is 1.06 bits per heavy atom. The summed E-state index contributed by atoms with van der Waals surface area (Å²) in [5, 5.41) is 28.8. The number of carbonyl (C=O) groups is 2. The lowest BCUT2D eigenvalue weighted by Crippen LogP contribution is -2.80. The van der Waals surface area contributed by atoms with Gasteiger partial charge in [0.15, 0.2) is 5.54 Å². The number of aliphatic hydroxyl groups excluding tert-OH is 1. The average Bonchev–Trinajstić information content (AvgIpc) is 3.83. The Morgan fingerprint density at radius 2 is 1.83 bits per heavy atom. The van der Waals surface area contributed by atoms with Crippen molar-refractivity contribution in [3.05, 3.63) is 65.7 Å². The zero-order chi connectivity index (χ0) is 32.8. The zero-order valence-electron chi connectivity index (χ0n) is 27.5. The minimum Gasteiger partial charge on any atom is -0.496 e. The second-order valence-electron chi connectivity index (χ2n) is 14.3. The molecule has 1 saturated heterocycles. The Bertz CT molecular complexity index is 1620. The van der Waals surface area contributed by atoms with Gasteiger partial charge in [-0.2, -0.15) is 5.10 Å². The first-order chi connectivity index (χ1) is 22.8. The molecule has 7 rings (SSSR count). The van der Waals surface area contributed by atoms with E-state index in [0.29, 0.717) is 12.6 Å². The molecule has 3 saturated carbocycles. The maximum Gasteiger partial charge on any atom is 0.408 e. The van der Waals surface area contributed by atoms with Gasteiger partial charge in [-0.05, 0) is 93.4 Å². The number of β-amino-alcohol motifs (C(OH)–C–C–N with tert-alkyl or cyclic N) is 1. The van der Waals surface area contributed by atoms with Gasteiger partial charge in [0.2, 0.25) is 5.91 Å². The fourth-order valence-corrected chi connectivity index (χ4v) is 8.89. The van der Waals surface area contributed by atoms with Crippen molar-refractivity contribution in [3.63, 3.8) is 0 Å². The summed E-state index contributed by atoms with van der Waals surface area (Å²) in [6, 6.07) is 11.1. The summed E-state index contributed by atoms with van der Waals surface area (Å²) >= 11 is 0. The van der Waals surface area contributed by atoms with Crippen molar-refractivity contribution in [3.8, 4) is 16.9 Å². The second-order valence-corrected chi connectivity index (χ2v) is 14.3. The molecule has 1 aliphatic heterocycles. The van der Waals surface area contributed by atoms with E-state index in [4.69, 9.17) is 9.72 Å². The highest BCUT2D eigenvalue weighted by atomic mass is 16.5. The lowest BCUT2D eigenvalue weighted by molar-refractivity contribution is -0.177. The summed E-state index contributed by atoms with van der Waals surface area (Å²) in [4.78, 5) is 32.4. The van der Waals surface area contributed by atoms with Crippen LogP contribution in [0.15, 0.2) is 48.9 Å². The molecule has 3 N–H and O–H groups in total. The number of carboxylic acid groups (broad SMARTS) is 1. The van der Waals surface area contributed by atoms with Gasteiger partial charge >= 0.3 is 6.09 Å². The lowest BCUT2D eigenvalue weighted by atomic mass is 9.63. The smallest absolute Gasteiger partial charge is 0.408 e. The first-order valence-electron chi connectivity index (χ1n) is 17.4. The molecule has 3 aliphatic carbocycles. The summed E-state index contributed by atoms with van der Waals surface area (Å²) in [5.74, 6) is 0.566. The van der Waals surface area contributed by atoms with Gasteiger partial charge in [0.1, 0.15) is 11.9 Å². The Balaban J connectivity index is 1.14. The van der Waals surface area contributed by atoms with Crippen molar-refractivity contribution < 1.29 is 24.5 Å². The summed E-state index contributed by atoms with van der Waals surface area (Å²) < 4.78 is 7.70. The number of rotatable bonds is 9.